The number of benzene rings is 3. The number of piperazine rings is 1. The molecule has 0 aliphatic carbocycles. The Kier molecular flexibility index (Phi) is 6.59. The molecule has 1 amide bonds. The number of thiazole rings is 1. The van der Waals surface area contributed by atoms with Crippen LogP contribution in [0.5, 0.6) is 5.75 Å². The van der Waals surface area contributed by atoms with Crippen LogP contribution in [-0.4, -0.2) is 66.1 Å². The molecule has 3 atom stereocenters. The van der Waals surface area contributed by atoms with Crippen LogP contribution in [0.3, 0.4) is 0 Å². The summed E-state index contributed by atoms with van der Waals surface area (Å²) >= 11 is 1.59. The number of esters is 1. The third kappa shape index (κ3) is 4.44. The van der Waals surface area contributed by atoms with Gasteiger partial charge in [-0.05, 0) is 48.7 Å². The Balaban J connectivity index is 1.24. The van der Waals surface area contributed by atoms with E-state index < -0.39 is 6.04 Å². The van der Waals surface area contributed by atoms with Gasteiger partial charge in [0.1, 0.15) is 16.8 Å². The molecule has 2 aliphatic heterocycles. The fourth-order valence-corrected chi connectivity index (χ4v) is 6.80. The molecule has 3 heterocycles. The molecule has 194 valence electrons. The quantitative estimate of drug-likeness (QED) is 0.322. The molecule has 0 saturated carbocycles. The van der Waals surface area contributed by atoms with Crippen LogP contribution in [0.15, 0.2) is 72.8 Å². The van der Waals surface area contributed by atoms with Crippen molar-refractivity contribution in [1.29, 1.82) is 0 Å². The molecular weight excluding hydrogens is 498 g/mol. The zero-order valence-corrected chi connectivity index (χ0v) is 22.2. The molecule has 0 N–H and O–H groups in total. The van der Waals surface area contributed by atoms with E-state index in [1.165, 1.54) is 7.11 Å². The number of rotatable bonds is 6. The van der Waals surface area contributed by atoms with Crippen molar-refractivity contribution in [3.63, 3.8) is 0 Å². The number of hydrogen-bond acceptors (Lipinski definition) is 7. The maximum atomic E-state index is 13.8. The van der Waals surface area contributed by atoms with E-state index in [0.29, 0.717) is 18.7 Å². The number of nitrogens with zero attached hydrogens (tertiary/aromatic N) is 3. The minimum Gasteiger partial charge on any atom is -0.497 e. The van der Waals surface area contributed by atoms with Gasteiger partial charge in [0, 0.05) is 36.3 Å². The third-order valence-corrected chi connectivity index (χ3v) is 8.67. The predicted molar refractivity (Wildman–Crippen MR) is 147 cm³/mol. The number of carbonyl (C=O) groups excluding carboxylic acids is 2. The first-order valence-electron chi connectivity index (χ1n) is 12.8. The van der Waals surface area contributed by atoms with Crippen LogP contribution in [-0.2, 0) is 9.53 Å². The van der Waals surface area contributed by atoms with Crippen LogP contribution < -0.4 is 4.74 Å². The van der Waals surface area contributed by atoms with Gasteiger partial charge in [-0.3, -0.25) is 9.69 Å². The van der Waals surface area contributed by atoms with Gasteiger partial charge in [-0.1, -0.05) is 42.5 Å². The first kappa shape index (κ1) is 24.6. The maximum Gasteiger partial charge on any atom is 0.327 e. The molecular formula is C30H29N3O4S. The molecule has 4 aromatic rings. The molecule has 8 heteroatoms. The highest BCUT2D eigenvalue weighted by atomic mass is 32.1. The lowest BCUT2D eigenvalue weighted by Crippen LogP contribution is -2.57. The lowest BCUT2D eigenvalue weighted by Gasteiger charge is -2.43. The topological polar surface area (TPSA) is 72.0 Å². The SMILES string of the molecule is COC(=O)C(c1ccccc1)N1C[C@H]2CC[C@@H](C1)N2C(=O)c1cccc(-c2nc3ccc(OC)cc3s2)c1. The van der Waals surface area contributed by atoms with Crippen molar-refractivity contribution in [3.05, 3.63) is 83.9 Å². The number of amides is 1. The van der Waals surface area contributed by atoms with Crippen LogP contribution in [0.2, 0.25) is 0 Å². The summed E-state index contributed by atoms with van der Waals surface area (Å²) in [7, 11) is 3.09. The number of hydrogen-bond donors (Lipinski definition) is 0. The third-order valence-electron chi connectivity index (χ3n) is 7.60. The van der Waals surface area contributed by atoms with Gasteiger partial charge in [0.05, 0.1) is 24.4 Å². The summed E-state index contributed by atoms with van der Waals surface area (Å²) in [5.74, 6) is 0.570. The Morgan fingerprint density at radius 2 is 1.71 bits per heavy atom. The van der Waals surface area contributed by atoms with Gasteiger partial charge in [0.2, 0.25) is 0 Å². The average molecular weight is 528 g/mol. The largest absolute Gasteiger partial charge is 0.497 e. The van der Waals surface area contributed by atoms with Crippen LogP contribution in [0.25, 0.3) is 20.8 Å². The first-order chi connectivity index (χ1) is 18.6. The van der Waals surface area contributed by atoms with E-state index in [4.69, 9.17) is 14.5 Å². The number of ether oxygens (including phenoxy) is 2. The highest BCUT2D eigenvalue weighted by molar-refractivity contribution is 7.21. The fourth-order valence-electron chi connectivity index (χ4n) is 5.81. The van der Waals surface area contributed by atoms with Crippen LogP contribution in [0.1, 0.15) is 34.8 Å². The summed E-state index contributed by atoms with van der Waals surface area (Å²) in [6.07, 6.45) is 1.85. The second-order valence-electron chi connectivity index (χ2n) is 9.82. The molecule has 38 heavy (non-hydrogen) atoms. The van der Waals surface area contributed by atoms with E-state index in [1.807, 2.05) is 77.7 Å². The van der Waals surface area contributed by atoms with Crippen LogP contribution in [0, 0.1) is 0 Å². The normalized spacial score (nSPS) is 19.9. The summed E-state index contributed by atoms with van der Waals surface area (Å²) < 4.78 is 11.6. The second kappa shape index (κ2) is 10.2. The number of carbonyl (C=O) groups is 2. The van der Waals surface area contributed by atoms with Crippen molar-refractivity contribution in [1.82, 2.24) is 14.8 Å². The van der Waals surface area contributed by atoms with E-state index in [-0.39, 0.29) is 24.0 Å². The van der Waals surface area contributed by atoms with Gasteiger partial charge in [-0.15, -0.1) is 11.3 Å². The highest BCUT2D eigenvalue weighted by Gasteiger charge is 2.46. The molecule has 1 unspecified atom stereocenters. The first-order valence-corrected chi connectivity index (χ1v) is 13.6. The van der Waals surface area contributed by atoms with Crippen molar-refractivity contribution < 1.29 is 19.1 Å². The highest BCUT2D eigenvalue weighted by Crippen LogP contribution is 2.37. The van der Waals surface area contributed by atoms with Crippen LogP contribution >= 0.6 is 11.3 Å². The Labute approximate surface area is 225 Å². The molecule has 2 bridgehead atoms. The molecule has 0 radical (unpaired) electrons. The standard InChI is InChI=1S/C30H29N3O4S/c1-36-24-13-14-25-26(16-24)38-28(31-25)20-9-6-10-21(15-20)29(34)33-22-11-12-23(33)18-32(17-22)27(30(35)37-2)19-7-4-3-5-8-19/h3-10,13-16,22-23,27H,11-12,17-18H2,1-2H3/t22-,23+,27?. The molecule has 1 aromatic heterocycles. The second-order valence-corrected chi connectivity index (χ2v) is 10.9. The summed E-state index contributed by atoms with van der Waals surface area (Å²) in [5, 5.41) is 0.875. The van der Waals surface area contributed by atoms with Crippen molar-refractivity contribution in [2.24, 2.45) is 0 Å². The predicted octanol–water partition coefficient (Wildman–Crippen LogP) is 5.18. The van der Waals surface area contributed by atoms with E-state index in [1.54, 1.807) is 18.4 Å². The van der Waals surface area contributed by atoms with Crippen molar-refractivity contribution in [2.45, 2.75) is 31.0 Å². The maximum absolute atomic E-state index is 13.8. The fraction of sp³-hybridized carbons (Fsp3) is 0.300. The molecule has 2 saturated heterocycles. The van der Waals surface area contributed by atoms with Crippen molar-refractivity contribution >= 4 is 33.4 Å². The summed E-state index contributed by atoms with van der Waals surface area (Å²) in [4.78, 5) is 35.6. The van der Waals surface area contributed by atoms with E-state index in [2.05, 4.69) is 4.90 Å². The number of likely N-dealkylation sites (tertiary alicyclic amines) is 1. The van der Waals surface area contributed by atoms with Gasteiger partial charge in [0.15, 0.2) is 0 Å². The van der Waals surface area contributed by atoms with E-state index >= 15 is 0 Å². The van der Waals surface area contributed by atoms with E-state index in [0.717, 1.165) is 44.9 Å². The Morgan fingerprint density at radius 1 is 0.947 bits per heavy atom. The summed E-state index contributed by atoms with van der Waals surface area (Å²) in [5.41, 5.74) is 3.42. The summed E-state index contributed by atoms with van der Waals surface area (Å²) in [6, 6.07) is 23.0. The molecule has 2 aliphatic rings. The minimum atomic E-state index is -0.470. The average Bonchev–Trinajstić information content (AvgIpc) is 3.50. The van der Waals surface area contributed by atoms with Gasteiger partial charge < -0.3 is 14.4 Å². The summed E-state index contributed by atoms with van der Waals surface area (Å²) in [6.45, 7) is 1.27. The smallest absolute Gasteiger partial charge is 0.327 e. The number of aromatic nitrogens is 1. The van der Waals surface area contributed by atoms with E-state index in [9.17, 15) is 9.59 Å². The van der Waals surface area contributed by atoms with Gasteiger partial charge in [-0.2, -0.15) is 0 Å². The molecule has 6 rings (SSSR count). The molecule has 0 spiro atoms. The lowest BCUT2D eigenvalue weighted by atomic mass is 10.0. The Morgan fingerprint density at radius 3 is 2.42 bits per heavy atom. The number of methoxy groups -OCH3 is 2. The molecule has 2 fully saturated rings. The van der Waals surface area contributed by atoms with Crippen molar-refractivity contribution in [2.75, 3.05) is 27.3 Å². The number of fused-ring (bicyclic) bond motifs is 3. The zero-order chi connectivity index (χ0) is 26.2. The van der Waals surface area contributed by atoms with Gasteiger partial charge in [0.25, 0.3) is 5.91 Å². The van der Waals surface area contributed by atoms with Gasteiger partial charge >= 0.3 is 5.97 Å². The van der Waals surface area contributed by atoms with Crippen molar-refractivity contribution in [3.8, 4) is 16.3 Å². The lowest BCUT2D eigenvalue weighted by molar-refractivity contribution is -0.148. The monoisotopic (exact) mass is 527 g/mol. The zero-order valence-electron chi connectivity index (χ0n) is 21.4. The molecule has 7 nitrogen and oxygen atoms in total. The molecule has 3 aromatic carbocycles. The van der Waals surface area contributed by atoms with Crippen LogP contribution in [0.4, 0.5) is 0 Å². The van der Waals surface area contributed by atoms with Gasteiger partial charge in [-0.25, -0.2) is 9.78 Å². The Bertz CT molecular complexity index is 1470. The minimum absolute atomic E-state index is 0.0381. The Hall–Kier alpha value is -3.75.